The molecule has 1 atom stereocenters. The van der Waals surface area contributed by atoms with E-state index in [0.29, 0.717) is 5.56 Å². The van der Waals surface area contributed by atoms with E-state index in [4.69, 9.17) is 4.55 Å². The lowest BCUT2D eigenvalue weighted by Gasteiger charge is -2.00. The van der Waals surface area contributed by atoms with Crippen LogP contribution in [0.25, 0.3) is 0 Å². The van der Waals surface area contributed by atoms with Gasteiger partial charge >= 0.3 is 5.97 Å². The molecule has 1 aromatic rings. The molecule has 0 aromatic carbocycles. The first-order valence-corrected chi connectivity index (χ1v) is 5.01. The molecule has 0 bridgehead atoms. The lowest BCUT2D eigenvalue weighted by Crippen LogP contribution is -2.05. The van der Waals surface area contributed by atoms with Crippen LogP contribution in [0.1, 0.15) is 16.1 Å². The number of esters is 1. The Labute approximate surface area is 83.4 Å². The van der Waals surface area contributed by atoms with Gasteiger partial charge in [0.25, 0.3) is 0 Å². The van der Waals surface area contributed by atoms with Gasteiger partial charge in [0, 0.05) is 6.20 Å². The summed E-state index contributed by atoms with van der Waals surface area (Å²) >= 11 is -1.92. The summed E-state index contributed by atoms with van der Waals surface area (Å²) in [5.74, 6) is -0.581. The fraction of sp³-hybridized carbons (Fsp3) is 0.250. The summed E-state index contributed by atoms with van der Waals surface area (Å²) in [6.07, 6.45) is 1.40. The highest BCUT2D eigenvalue weighted by molar-refractivity contribution is 7.78. The van der Waals surface area contributed by atoms with Gasteiger partial charge in [0.2, 0.25) is 0 Å². The first-order chi connectivity index (χ1) is 6.63. The highest BCUT2D eigenvalue weighted by Gasteiger charge is 2.08. The second-order valence-electron chi connectivity index (χ2n) is 2.51. The zero-order chi connectivity index (χ0) is 10.6. The highest BCUT2D eigenvalue weighted by atomic mass is 32.2. The molecule has 0 radical (unpaired) electrons. The van der Waals surface area contributed by atoms with E-state index >= 15 is 0 Å². The van der Waals surface area contributed by atoms with Gasteiger partial charge in [0.15, 0.2) is 11.1 Å². The second-order valence-corrected chi connectivity index (χ2v) is 3.44. The van der Waals surface area contributed by atoms with E-state index in [9.17, 15) is 9.00 Å². The van der Waals surface area contributed by atoms with Crippen LogP contribution in [0.4, 0.5) is 0 Å². The largest absolute Gasteiger partial charge is 0.464 e. The van der Waals surface area contributed by atoms with Gasteiger partial charge in [-0.2, -0.15) is 0 Å². The zero-order valence-electron chi connectivity index (χ0n) is 7.47. The third kappa shape index (κ3) is 2.90. The number of hydrogen-bond donors (Lipinski definition) is 1. The lowest BCUT2D eigenvalue weighted by molar-refractivity contribution is 0.0594. The molecular weight excluding hydrogens is 206 g/mol. The van der Waals surface area contributed by atoms with Gasteiger partial charge in [-0.25, -0.2) is 14.0 Å². The Bertz CT molecular complexity index is 366. The molecule has 1 N–H and O–H groups in total. The van der Waals surface area contributed by atoms with Crippen molar-refractivity contribution in [3.8, 4) is 0 Å². The Morgan fingerprint density at radius 2 is 2.43 bits per heavy atom. The van der Waals surface area contributed by atoms with E-state index in [-0.39, 0.29) is 11.4 Å². The van der Waals surface area contributed by atoms with E-state index in [1.54, 1.807) is 6.07 Å². The Morgan fingerprint density at radius 3 is 3.00 bits per heavy atom. The number of pyridine rings is 1. The predicted octanol–water partition coefficient (Wildman–Crippen LogP) is 0.590. The minimum absolute atomic E-state index is 0.0213. The third-order valence-corrected chi connectivity index (χ3v) is 2.09. The molecule has 6 heteroatoms. The fourth-order valence-corrected chi connectivity index (χ4v) is 1.39. The molecule has 1 aromatic heterocycles. The number of carbonyl (C=O) groups excluding carboxylic acids is 1. The number of carbonyl (C=O) groups is 1. The predicted molar refractivity (Wildman–Crippen MR) is 50.1 cm³/mol. The average molecular weight is 215 g/mol. The zero-order valence-corrected chi connectivity index (χ0v) is 8.28. The van der Waals surface area contributed by atoms with Crippen molar-refractivity contribution in [3.63, 3.8) is 0 Å². The quantitative estimate of drug-likeness (QED) is 0.590. The van der Waals surface area contributed by atoms with Crippen LogP contribution >= 0.6 is 0 Å². The molecule has 5 nitrogen and oxygen atoms in total. The second kappa shape index (κ2) is 4.83. The van der Waals surface area contributed by atoms with Gasteiger partial charge in [-0.1, -0.05) is 0 Å². The van der Waals surface area contributed by atoms with Crippen LogP contribution < -0.4 is 0 Å². The lowest BCUT2D eigenvalue weighted by atomic mass is 10.2. The van der Waals surface area contributed by atoms with Gasteiger partial charge in [-0.15, -0.1) is 0 Å². The number of hydrogen-bond acceptors (Lipinski definition) is 4. The average Bonchev–Trinajstić information content (AvgIpc) is 2.16. The van der Waals surface area contributed by atoms with Crippen LogP contribution in [0, 0.1) is 0 Å². The summed E-state index contributed by atoms with van der Waals surface area (Å²) in [6, 6.07) is 3.00. The molecule has 0 aliphatic heterocycles. The minimum atomic E-state index is -1.92. The number of methoxy groups -OCH3 is 1. The van der Waals surface area contributed by atoms with Crippen LogP contribution in [-0.2, 0) is 21.6 Å². The van der Waals surface area contributed by atoms with Crippen LogP contribution in [0.3, 0.4) is 0 Å². The van der Waals surface area contributed by atoms with Crippen molar-refractivity contribution in [1.29, 1.82) is 0 Å². The van der Waals surface area contributed by atoms with E-state index in [0.717, 1.165) is 0 Å². The summed E-state index contributed by atoms with van der Waals surface area (Å²) in [6.45, 7) is 0. The van der Waals surface area contributed by atoms with E-state index in [1.165, 1.54) is 19.4 Å². The number of ether oxygens (including phenoxy) is 1. The van der Waals surface area contributed by atoms with E-state index in [2.05, 4.69) is 9.72 Å². The first-order valence-electron chi connectivity index (χ1n) is 3.74. The highest BCUT2D eigenvalue weighted by Crippen LogP contribution is 2.05. The smallest absolute Gasteiger partial charge is 0.356 e. The van der Waals surface area contributed by atoms with E-state index < -0.39 is 17.0 Å². The van der Waals surface area contributed by atoms with Crippen LogP contribution in [0.15, 0.2) is 18.3 Å². The van der Waals surface area contributed by atoms with E-state index in [1.807, 2.05) is 0 Å². The minimum Gasteiger partial charge on any atom is -0.464 e. The van der Waals surface area contributed by atoms with Crippen molar-refractivity contribution in [2.75, 3.05) is 7.11 Å². The van der Waals surface area contributed by atoms with Crippen molar-refractivity contribution < 1.29 is 18.3 Å². The van der Waals surface area contributed by atoms with Crippen LogP contribution in [0.2, 0.25) is 0 Å². The van der Waals surface area contributed by atoms with Crippen molar-refractivity contribution in [2.45, 2.75) is 5.75 Å². The van der Waals surface area contributed by atoms with Gasteiger partial charge < -0.3 is 9.29 Å². The number of rotatable bonds is 3. The maximum atomic E-state index is 11.0. The Balaban J connectivity index is 2.89. The third-order valence-electron chi connectivity index (χ3n) is 1.51. The molecule has 0 saturated carbocycles. The monoisotopic (exact) mass is 215 g/mol. The number of nitrogens with zero attached hydrogens (tertiary/aromatic N) is 1. The maximum absolute atomic E-state index is 11.0. The van der Waals surface area contributed by atoms with Gasteiger partial charge in [0.05, 0.1) is 12.9 Å². The number of aromatic nitrogens is 1. The standard InChI is InChI=1S/C8H9NO4S/c1-13-8(10)7-4-6(2-3-9-7)5-14(11)12/h2-4H,5H2,1H3,(H,11,12). The first kappa shape index (κ1) is 10.8. The molecule has 0 amide bonds. The van der Waals surface area contributed by atoms with Gasteiger partial charge in [0.1, 0.15) is 5.69 Å². The summed E-state index contributed by atoms with van der Waals surface area (Å²) < 4.78 is 23.6. The SMILES string of the molecule is COC(=O)c1cc(CS(=O)O)ccn1. The Kier molecular flexibility index (Phi) is 3.73. The van der Waals surface area contributed by atoms with Crippen molar-refractivity contribution in [2.24, 2.45) is 0 Å². The molecule has 0 spiro atoms. The molecule has 0 aliphatic rings. The van der Waals surface area contributed by atoms with Crippen LogP contribution in [0.5, 0.6) is 0 Å². The van der Waals surface area contributed by atoms with Gasteiger partial charge in [-0.3, -0.25) is 0 Å². The summed E-state index contributed by atoms with van der Waals surface area (Å²) in [7, 11) is 1.25. The summed E-state index contributed by atoms with van der Waals surface area (Å²) in [5.41, 5.74) is 0.705. The molecule has 14 heavy (non-hydrogen) atoms. The normalized spacial score (nSPS) is 12.1. The molecule has 0 saturated heterocycles. The summed E-state index contributed by atoms with van der Waals surface area (Å²) in [4.78, 5) is 14.8. The molecule has 0 aliphatic carbocycles. The molecule has 1 heterocycles. The molecule has 1 rings (SSSR count). The van der Waals surface area contributed by atoms with Crippen molar-refractivity contribution in [3.05, 3.63) is 29.6 Å². The summed E-state index contributed by atoms with van der Waals surface area (Å²) in [5, 5.41) is 0. The van der Waals surface area contributed by atoms with Crippen molar-refractivity contribution >= 4 is 17.0 Å². The molecular formula is C8H9NO4S. The fourth-order valence-electron chi connectivity index (χ4n) is 0.923. The molecule has 0 fully saturated rings. The molecule has 1 unspecified atom stereocenters. The Hall–Kier alpha value is -1.27. The van der Waals surface area contributed by atoms with Crippen molar-refractivity contribution in [1.82, 2.24) is 4.98 Å². The maximum Gasteiger partial charge on any atom is 0.356 e. The Morgan fingerprint density at radius 1 is 1.71 bits per heavy atom. The molecule has 76 valence electrons. The van der Waals surface area contributed by atoms with Gasteiger partial charge in [-0.05, 0) is 17.7 Å². The topological polar surface area (TPSA) is 76.5 Å². The van der Waals surface area contributed by atoms with Crippen LogP contribution in [-0.4, -0.2) is 26.8 Å².